The average Bonchev–Trinajstić information content (AvgIpc) is 2.46. The third-order valence-corrected chi connectivity index (χ3v) is 5.67. The fraction of sp³-hybridized carbons (Fsp3) is 0.933. The molecular weight excluding hydrogens is 302 g/mol. The Morgan fingerprint density at radius 1 is 1.09 bits per heavy atom. The number of likely N-dealkylation sites (tertiary alicyclic amines) is 2. The number of nitrogens with zero attached hydrogens (tertiary/aromatic N) is 2. The maximum Gasteiger partial charge on any atom is 0.239 e. The minimum Gasteiger partial charge on any atom is -0.341 e. The lowest BCUT2D eigenvalue weighted by atomic mass is 9.98. The van der Waals surface area contributed by atoms with Crippen molar-refractivity contribution in [2.24, 2.45) is 5.92 Å². The highest BCUT2D eigenvalue weighted by Crippen LogP contribution is 2.19. The van der Waals surface area contributed by atoms with Crippen molar-refractivity contribution in [2.75, 3.05) is 32.4 Å². The van der Waals surface area contributed by atoms with Crippen LogP contribution in [0.2, 0.25) is 0 Å². The van der Waals surface area contributed by atoms with Crippen LogP contribution in [-0.4, -0.2) is 68.6 Å². The summed E-state index contributed by atoms with van der Waals surface area (Å²) in [6.07, 6.45) is 4.92. The first-order chi connectivity index (χ1) is 10.3. The van der Waals surface area contributed by atoms with Crippen molar-refractivity contribution in [3.63, 3.8) is 0 Å². The number of rotatable bonds is 4. The van der Waals surface area contributed by atoms with Gasteiger partial charge in [-0.3, -0.25) is 9.69 Å². The molecule has 2 heterocycles. The lowest BCUT2D eigenvalue weighted by Crippen LogP contribution is -2.53. The first kappa shape index (κ1) is 17.7. The number of carbonyl (C=O) groups is 1. The van der Waals surface area contributed by atoms with Gasteiger partial charge >= 0.3 is 0 Å². The van der Waals surface area contributed by atoms with Gasteiger partial charge in [0.05, 0.1) is 12.3 Å². The fourth-order valence-corrected chi connectivity index (χ4v) is 4.20. The standard InChI is InChI=1S/C15H29N3O3S/c1-12-4-8-18(9-5-12)15(19)13(2)17-10-6-14(7-11-17)16-22(3,20)21/h12-14,16H,4-11H2,1-3H3. The molecule has 1 atom stereocenters. The molecule has 2 rings (SSSR count). The van der Waals surface area contributed by atoms with Crippen molar-refractivity contribution in [3.05, 3.63) is 0 Å². The van der Waals surface area contributed by atoms with E-state index < -0.39 is 10.0 Å². The number of piperidine rings is 2. The first-order valence-corrected chi connectivity index (χ1v) is 10.2. The lowest BCUT2D eigenvalue weighted by Gasteiger charge is -2.39. The first-order valence-electron chi connectivity index (χ1n) is 8.26. The molecule has 1 N–H and O–H groups in total. The highest BCUT2D eigenvalue weighted by atomic mass is 32.2. The monoisotopic (exact) mass is 331 g/mol. The van der Waals surface area contributed by atoms with Gasteiger partial charge < -0.3 is 4.90 Å². The second-order valence-corrected chi connectivity index (χ2v) is 8.66. The fourth-order valence-electron chi connectivity index (χ4n) is 3.36. The Morgan fingerprint density at radius 2 is 1.64 bits per heavy atom. The van der Waals surface area contributed by atoms with Crippen LogP contribution >= 0.6 is 0 Å². The number of sulfonamides is 1. The van der Waals surface area contributed by atoms with Gasteiger partial charge in [0.2, 0.25) is 15.9 Å². The van der Waals surface area contributed by atoms with E-state index in [2.05, 4.69) is 16.5 Å². The number of amides is 1. The Morgan fingerprint density at radius 3 is 2.14 bits per heavy atom. The summed E-state index contributed by atoms with van der Waals surface area (Å²) in [7, 11) is -3.14. The Labute approximate surface area is 134 Å². The second-order valence-electron chi connectivity index (χ2n) is 6.88. The van der Waals surface area contributed by atoms with E-state index in [9.17, 15) is 13.2 Å². The van der Waals surface area contributed by atoms with Crippen LogP contribution in [0.5, 0.6) is 0 Å². The highest BCUT2D eigenvalue weighted by molar-refractivity contribution is 7.88. The Hall–Kier alpha value is -0.660. The summed E-state index contributed by atoms with van der Waals surface area (Å²) in [5.41, 5.74) is 0. The molecule has 0 radical (unpaired) electrons. The molecular formula is C15H29N3O3S. The second kappa shape index (κ2) is 7.27. The van der Waals surface area contributed by atoms with Crippen LogP contribution in [0.4, 0.5) is 0 Å². The highest BCUT2D eigenvalue weighted by Gasteiger charge is 2.31. The minimum absolute atomic E-state index is 0.00406. The molecule has 1 amide bonds. The van der Waals surface area contributed by atoms with Crippen molar-refractivity contribution in [3.8, 4) is 0 Å². The molecule has 0 aliphatic carbocycles. The quantitative estimate of drug-likeness (QED) is 0.821. The van der Waals surface area contributed by atoms with Crippen molar-refractivity contribution < 1.29 is 13.2 Å². The number of nitrogens with one attached hydrogen (secondary N) is 1. The summed E-state index contributed by atoms with van der Waals surface area (Å²) < 4.78 is 25.2. The van der Waals surface area contributed by atoms with Crippen LogP contribution in [0.1, 0.15) is 39.5 Å². The molecule has 2 aliphatic rings. The molecule has 6 nitrogen and oxygen atoms in total. The molecule has 7 heteroatoms. The maximum absolute atomic E-state index is 12.6. The van der Waals surface area contributed by atoms with Crippen LogP contribution in [0, 0.1) is 5.92 Å². The molecule has 2 fully saturated rings. The third kappa shape index (κ3) is 4.93. The van der Waals surface area contributed by atoms with E-state index in [0.717, 1.165) is 57.8 Å². The van der Waals surface area contributed by atoms with Crippen LogP contribution in [0.3, 0.4) is 0 Å². The van der Waals surface area contributed by atoms with Crippen molar-refractivity contribution in [1.82, 2.24) is 14.5 Å². The van der Waals surface area contributed by atoms with Gasteiger partial charge in [-0.15, -0.1) is 0 Å². The predicted molar refractivity (Wildman–Crippen MR) is 87.0 cm³/mol. The summed E-state index contributed by atoms with van der Waals surface area (Å²) in [5, 5.41) is 0. The number of hydrogen-bond donors (Lipinski definition) is 1. The Balaban J connectivity index is 1.81. The van der Waals surface area contributed by atoms with E-state index in [1.54, 1.807) is 0 Å². The SMILES string of the molecule is CC1CCN(C(=O)C(C)N2CCC(NS(C)(=O)=O)CC2)CC1. The van der Waals surface area contributed by atoms with Gasteiger partial charge in [-0.25, -0.2) is 13.1 Å². The molecule has 22 heavy (non-hydrogen) atoms. The van der Waals surface area contributed by atoms with E-state index >= 15 is 0 Å². The minimum atomic E-state index is -3.14. The van der Waals surface area contributed by atoms with Gasteiger partial charge in [-0.1, -0.05) is 6.92 Å². The number of hydrogen-bond acceptors (Lipinski definition) is 4. The smallest absolute Gasteiger partial charge is 0.239 e. The zero-order chi connectivity index (χ0) is 16.3. The zero-order valence-electron chi connectivity index (χ0n) is 13.9. The summed E-state index contributed by atoms with van der Waals surface area (Å²) in [6.45, 7) is 7.50. The third-order valence-electron chi connectivity index (χ3n) is 4.91. The molecule has 1 unspecified atom stereocenters. The van der Waals surface area contributed by atoms with E-state index in [1.807, 2.05) is 11.8 Å². The molecule has 0 aromatic carbocycles. The topological polar surface area (TPSA) is 69.7 Å². The van der Waals surface area contributed by atoms with Crippen LogP contribution in [0.25, 0.3) is 0 Å². The summed E-state index contributed by atoms with van der Waals surface area (Å²) >= 11 is 0. The van der Waals surface area contributed by atoms with E-state index in [4.69, 9.17) is 0 Å². The molecule has 0 aromatic heterocycles. The average molecular weight is 331 g/mol. The largest absolute Gasteiger partial charge is 0.341 e. The van der Waals surface area contributed by atoms with Crippen molar-refractivity contribution >= 4 is 15.9 Å². The van der Waals surface area contributed by atoms with Crippen LogP contribution in [0.15, 0.2) is 0 Å². The van der Waals surface area contributed by atoms with Gasteiger partial charge in [-0.2, -0.15) is 0 Å². The van der Waals surface area contributed by atoms with Gasteiger partial charge in [0, 0.05) is 32.2 Å². The van der Waals surface area contributed by atoms with Gasteiger partial charge in [0.1, 0.15) is 0 Å². The van der Waals surface area contributed by atoms with Crippen molar-refractivity contribution in [2.45, 2.75) is 51.6 Å². The molecule has 0 aromatic rings. The van der Waals surface area contributed by atoms with E-state index in [1.165, 1.54) is 6.26 Å². The molecule has 0 saturated carbocycles. The van der Waals surface area contributed by atoms with E-state index in [0.29, 0.717) is 0 Å². The summed E-state index contributed by atoms with van der Waals surface area (Å²) in [5.74, 6) is 0.943. The Bertz CT molecular complexity index is 478. The zero-order valence-corrected chi connectivity index (χ0v) is 14.7. The van der Waals surface area contributed by atoms with Crippen LogP contribution in [-0.2, 0) is 14.8 Å². The summed E-state index contributed by atoms with van der Waals surface area (Å²) in [6, 6.07) is -0.100. The molecule has 128 valence electrons. The molecule has 0 spiro atoms. The van der Waals surface area contributed by atoms with Gasteiger partial charge in [0.15, 0.2) is 0 Å². The summed E-state index contributed by atoms with van der Waals surface area (Å²) in [4.78, 5) is 16.8. The molecule has 2 aliphatic heterocycles. The van der Waals surface area contributed by atoms with Gasteiger partial charge in [0.25, 0.3) is 0 Å². The van der Waals surface area contributed by atoms with Crippen LogP contribution < -0.4 is 4.72 Å². The lowest BCUT2D eigenvalue weighted by molar-refractivity contribution is -0.138. The van der Waals surface area contributed by atoms with Crippen molar-refractivity contribution in [1.29, 1.82) is 0 Å². The predicted octanol–water partition coefficient (Wildman–Crippen LogP) is 0.647. The Kier molecular flexibility index (Phi) is 5.85. The molecule has 0 bridgehead atoms. The maximum atomic E-state index is 12.6. The normalized spacial score (nSPS) is 24.4. The molecule has 2 saturated heterocycles. The van der Waals surface area contributed by atoms with Gasteiger partial charge in [-0.05, 0) is 38.5 Å². The number of carbonyl (C=O) groups excluding carboxylic acids is 1. The van der Waals surface area contributed by atoms with E-state index in [-0.39, 0.29) is 18.0 Å².